The molecule has 2 unspecified atom stereocenters. The lowest BCUT2D eigenvalue weighted by molar-refractivity contribution is 0.0897. The van der Waals surface area contributed by atoms with Crippen molar-refractivity contribution in [2.45, 2.75) is 25.3 Å². The van der Waals surface area contributed by atoms with Gasteiger partial charge in [0.25, 0.3) is 0 Å². The number of nitrogens with zero attached hydrogens (tertiary/aromatic N) is 1. The van der Waals surface area contributed by atoms with Crippen molar-refractivity contribution in [3.05, 3.63) is 35.9 Å². The van der Waals surface area contributed by atoms with Gasteiger partial charge in [-0.05, 0) is 30.9 Å². The number of likely N-dealkylation sites (tertiary alicyclic amines) is 1. The first-order valence-corrected chi connectivity index (χ1v) is 7.29. The molecule has 1 heterocycles. The second kappa shape index (κ2) is 6.98. The fraction of sp³-hybridized carbons (Fsp3) is 0.533. The van der Waals surface area contributed by atoms with Gasteiger partial charge < -0.3 is 10.8 Å². The number of hydrogen-bond donors (Lipinski definition) is 2. The molecular formula is C15H22N2OS. The molecule has 2 rings (SSSR count). The molecule has 0 saturated carbocycles. The average Bonchev–Trinajstić information content (AvgIpc) is 2.45. The first-order valence-electron chi connectivity index (χ1n) is 6.89. The van der Waals surface area contributed by atoms with E-state index in [1.54, 1.807) is 0 Å². The van der Waals surface area contributed by atoms with E-state index >= 15 is 0 Å². The Morgan fingerprint density at radius 1 is 1.42 bits per heavy atom. The summed E-state index contributed by atoms with van der Waals surface area (Å²) in [5, 5.41) is 9.37. The number of nitrogens with two attached hydrogens (primary N) is 1. The molecule has 19 heavy (non-hydrogen) atoms. The standard InChI is InChI=1S/C15H22N2OS/c16-15(19)9-14(13-6-2-1-3-7-13)17-8-4-5-12(10-17)11-18/h1-3,6-7,12,14,18H,4-5,8-11H2,(H2,16,19). The lowest BCUT2D eigenvalue weighted by atomic mass is 9.94. The van der Waals surface area contributed by atoms with Crippen LogP contribution in [0, 0.1) is 5.92 Å². The zero-order valence-electron chi connectivity index (χ0n) is 11.2. The maximum Gasteiger partial charge on any atom is 0.0746 e. The van der Waals surface area contributed by atoms with Gasteiger partial charge >= 0.3 is 0 Å². The van der Waals surface area contributed by atoms with Gasteiger partial charge in [0, 0.05) is 25.6 Å². The molecular weight excluding hydrogens is 256 g/mol. The van der Waals surface area contributed by atoms with Crippen LogP contribution in [0.2, 0.25) is 0 Å². The Kier molecular flexibility index (Phi) is 5.31. The number of rotatable bonds is 5. The summed E-state index contributed by atoms with van der Waals surface area (Å²) in [6, 6.07) is 10.6. The highest BCUT2D eigenvalue weighted by Crippen LogP contribution is 2.29. The summed E-state index contributed by atoms with van der Waals surface area (Å²) in [6.07, 6.45) is 2.95. The quantitative estimate of drug-likeness (QED) is 0.810. The van der Waals surface area contributed by atoms with Gasteiger partial charge in [0.1, 0.15) is 0 Å². The Morgan fingerprint density at radius 3 is 2.79 bits per heavy atom. The van der Waals surface area contributed by atoms with E-state index in [1.165, 1.54) is 5.56 Å². The van der Waals surface area contributed by atoms with E-state index in [0.29, 0.717) is 17.3 Å². The van der Waals surface area contributed by atoms with Crippen LogP contribution in [0.4, 0.5) is 0 Å². The lowest BCUT2D eigenvalue weighted by Crippen LogP contribution is -2.40. The molecule has 1 aromatic rings. The lowest BCUT2D eigenvalue weighted by Gasteiger charge is -2.38. The average molecular weight is 278 g/mol. The Morgan fingerprint density at radius 2 is 2.16 bits per heavy atom. The van der Waals surface area contributed by atoms with Crippen molar-refractivity contribution in [2.75, 3.05) is 19.7 Å². The zero-order chi connectivity index (χ0) is 13.7. The Bertz CT molecular complexity index is 410. The van der Waals surface area contributed by atoms with Crippen LogP contribution in [-0.4, -0.2) is 34.7 Å². The first-order chi connectivity index (χ1) is 9.20. The van der Waals surface area contributed by atoms with Crippen LogP contribution in [0.3, 0.4) is 0 Å². The van der Waals surface area contributed by atoms with E-state index in [2.05, 4.69) is 29.2 Å². The first kappa shape index (κ1) is 14.4. The molecule has 0 radical (unpaired) electrons. The maximum absolute atomic E-state index is 9.37. The molecule has 0 spiro atoms. The van der Waals surface area contributed by atoms with Gasteiger partial charge in [-0.15, -0.1) is 0 Å². The van der Waals surface area contributed by atoms with Gasteiger partial charge in [-0.1, -0.05) is 42.5 Å². The third kappa shape index (κ3) is 4.00. The minimum atomic E-state index is 0.244. The zero-order valence-corrected chi connectivity index (χ0v) is 12.0. The number of aliphatic hydroxyl groups excluding tert-OH is 1. The van der Waals surface area contributed by atoms with Crippen molar-refractivity contribution in [1.82, 2.24) is 4.90 Å². The molecule has 1 saturated heterocycles. The number of aliphatic hydroxyl groups is 1. The fourth-order valence-corrected chi connectivity index (χ4v) is 3.01. The van der Waals surface area contributed by atoms with Crippen molar-refractivity contribution in [3.63, 3.8) is 0 Å². The van der Waals surface area contributed by atoms with Gasteiger partial charge in [-0.3, -0.25) is 4.90 Å². The molecule has 3 N–H and O–H groups in total. The molecule has 0 amide bonds. The molecule has 104 valence electrons. The van der Waals surface area contributed by atoms with Gasteiger partial charge in [0.15, 0.2) is 0 Å². The van der Waals surface area contributed by atoms with Gasteiger partial charge in [-0.2, -0.15) is 0 Å². The largest absolute Gasteiger partial charge is 0.396 e. The van der Waals surface area contributed by atoms with Crippen molar-refractivity contribution < 1.29 is 5.11 Å². The number of benzene rings is 1. The van der Waals surface area contributed by atoms with Crippen LogP contribution in [-0.2, 0) is 0 Å². The van der Waals surface area contributed by atoms with Crippen LogP contribution in [0.1, 0.15) is 30.9 Å². The molecule has 0 aromatic heterocycles. The summed E-state index contributed by atoms with van der Waals surface area (Å²) in [6.45, 7) is 2.25. The normalized spacial score (nSPS) is 22.1. The highest BCUT2D eigenvalue weighted by atomic mass is 32.1. The minimum Gasteiger partial charge on any atom is -0.396 e. The summed E-state index contributed by atoms with van der Waals surface area (Å²) in [4.78, 5) is 2.97. The summed E-state index contributed by atoms with van der Waals surface area (Å²) >= 11 is 5.10. The minimum absolute atomic E-state index is 0.244. The Hall–Kier alpha value is -0.970. The second-order valence-corrected chi connectivity index (χ2v) is 5.81. The fourth-order valence-electron chi connectivity index (χ4n) is 2.85. The summed E-state index contributed by atoms with van der Waals surface area (Å²) in [5.41, 5.74) is 7.02. The van der Waals surface area contributed by atoms with Gasteiger partial charge in [0.05, 0.1) is 4.99 Å². The van der Waals surface area contributed by atoms with E-state index in [0.717, 1.165) is 25.9 Å². The summed E-state index contributed by atoms with van der Waals surface area (Å²) in [5.74, 6) is 0.381. The van der Waals surface area contributed by atoms with Crippen molar-refractivity contribution >= 4 is 17.2 Å². The van der Waals surface area contributed by atoms with Crippen molar-refractivity contribution in [1.29, 1.82) is 0 Å². The molecule has 0 bridgehead atoms. The van der Waals surface area contributed by atoms with Gasteiger partial charge in [-0.25, -0.2) is 0 Å². The van der Waals surface area contributed by atoms with Crippen LogP contribution in [0.25, 0.3) is 0 Å². The van der Waals surface area contributed by atoms with E-state index in [4.69, 9.17) is 18.0 Å². The molecule has 1 aliphatic rings. The molecule has 0 aliphatic carbocycles. The maximum atomic E-state index is 9.37. The van der Waals surface area contributed by atoms with Crippen LogP contribution < -0.4 is 5.73 Å². The molecule has 1 fully saturated rings. The topological polar surface area (TPSA) is 49.5 Å². The molecule has 3 nitrogen and oxygen atoms in total. The Labute approximate surface area is 120 Å². The summed E-state index contributed by atoms with van der Waals surface area (Å²) in [7, 11) is 0. The van der Waals surface area contributed by atoms with Crippen LogP contribution in [0.5, 0.6) is 0 Å². The Balaban J connectivity index is 2.15. The van der Waals surface area contributed by atoms with E-state index in [-0.39, 0.29) is 12.6 Å². The second-order valence-electron chi connectivity index (χ2n) is 5.28. The van der Waals surface area contributed by atoms with Crippen LogP contribution >= 0.6 is 12.2 Å². The predicted octanol–water partition coefficient (Wildman–Crippen LogP) is 2.11. The monoisotopic (exact) mass is 278 g/mol. The number of thiocarbonyl (C=S) groups is 1. The highest BCUT2D eigenvalue weighted by molar-refractivity contribution is 7.80. The molecule has 1 aliphatic heterocycles. The van der Waals surface area contributed by atoms with E-state index < -0.39 is 0 Å². The van der Waals surface area contributed by atoms with Crippen molar-refractivity contribution in [3.8, 4) is 0 Å². The molecule has 4 heteroatoms. The SMILES string of the molecule is NC(=S)CC(c1ccccc1)N1CCCC(CO)C1. The third-order valence-electron chi connectivity index (χ3n) is 3.83. The molecule has 2 atom stereocenters. The third-order valence-corrected chi connectivity index (χ3v) is 3.99. The smallest absolute Gasteiger partial charge is 0.0746 e. The number of piperidine rings is 1. The molecule has 1 aromatic carbocycles. The van der Waals surface area contributed by atoms with Gasteiger partial charge in [0.2, 0.25) is 0 Å². The summed E-state index contributed by atoms with van der Waals surface area (Å²) < 4.78 is 0. The van der Waals surface area contributed by atoms with Crippen LogP contribution in [0.15, 0.2) is 30.3 Å². The highest BCUT2D eigenvalue weighted by Gasteiger charge is 2.26. The van der Waals surface area contributed by atoms with E-state index in [9.17, 15) is 5.11 Å². The van der Waals surface area contributed by atoms with Crippen molar-refractivity contribution in [2.24, 2.45) is 11.7 Å². The van der Waals surface area contributed by atoms with E-state index in [1.807, 2.05) is 6.07 Å². The number of hydrogen-bond acceptors (Lipinski definition) is 3. The predicted molar refractivity (Wildman–Crippen MR) is 82.0 cm³/mol.